The van der Waals surface area contributed by atoms with Gasteiger partial charge >= 0.3 is 0 Å². The van der Waals surface area contributed by atoms with E-state index >= 15 is 0 Å². The highest BCUT2D eigenvalue weighted by molar-refractivity contribution is 6.46. The van der Waals surface area contributed by atoms with Crippen molar-refractivity contribution in [3.8, 4) is 5.75 Å². The number of carbonyl (C=O) groups excluding carboxylic acids is 2. The van der Waals surface area contributed by atoms with Crippen LogP contribution in [0, 0.1) is 5.82 Å². The van der Waals surface area contributed by atoms with Crippen molar-refractivity contribution in [2.24, 2.45) is 0 Å². The van der Waals surface area contributed by atoms with E-state index in [1.54, 1.807) is 4.90 Å². The molecule has 4 rings (SSSR count). The molecule has 31 heavy (non-hydrogen) atoms. The number of likely N-dealkylation sites (tertiary alicyclic amines) is 1. The molecule has 0 bridgehead atoms. The zero-order valence-electron chi connectivity index (χ0n) is 17.5. The van der Waals surface area contributed by atoms with Crippen molar-refractivity contribution in [3.63, 3.8) is 0 Å². The number of aliphatic hydroxyl groups is 1. The molecule has 5 nitrogen and oxygen atoms in total. The molecule has 0 radical (unpaired) electrons. The second kappa shape index (κ2) is 8.92. The van der Waals surface area contributed by atoms with Crippen LogP contribution < -0.4 is 4.74 Å². The van der Waals surface area contributed by atoms with Crippen molar-refractivity contribution in [3.05, 3.63) is 71.0 Å². The van der Waals surface area contributed by atoms with E-state index < -0.39 is 23.5 Å². The highest BCUT2D eigenvalue weighted by atomic mass is 19.1. The van der Waals surface area contributed by atoms with Crippen molar-refractivity contribution in [1.29, 1.82) is 0 Å². The largest absolute Gasteiger partial charge is 0.507 e. The number of nitrogens with zero attached hydrogens (tertiary/aromatic N) is 1. The summed E-state index contributed by atoms with van der Waals surface area (Å²) in [5, 5.41) is 11.0. The van der Waals surface area contributed by atoms with E-state index in [2.05, 4.69) is 0 Å². The van der Waals surface area contributed by atoms with Crippen LogP contribution in [0.25, 0.3) is 5.76 Å². The monoisotopic (exact) mass is 423 g/mol. The van der Waals surface area contributed by atoms with E-state index in [0.717, 1.165) is 37.7 Å². The number of hydrogen-bond donors (Lipinski definition) is 1. The average molecular weight is 423 g/mol. The number of ketones is 1. The van der Waals surface area contributed by atoms with Gasteiger partial charge in [0, 0.05) is 11.6 Å². The summed E-state index contributed by atoms with van der Waals surface area (Å²) in [6.07, 6.45) is 4.56. The minimum atomic E-state index is -0.704. The zero-order valence-corrected chi connectivity index (χ0v) is 17.5. The van der Waals surface area contributed by atoms with E-state index in [9.17, 15) is 19.1 Å². The lowest BCUT2D eigenvalue weighted by Crippen LogP contribution is -2.37. The Morgan fingerprint density at radius 1 is 1.06 bits per heavy atom. The van der Waals surface area contributed by atoms with Crippen LogP contribution in [0.4, 0.5) is 4.39 Å². The summed E-state index contributed by atoms with van der Waals surface area (Å²) in [4.78, 5) is 27.7. The van der Waals surface area contributed by atoms with Crippen LogP contribution in [-0.2, 0) is 9.59 Å². The molecule has 162 valence electrons. The molecule has 0 aromatic heterocycles. The highest BCUT2D eigenvalue weighted by Crippen LogP contribution is 2.43. The topological polar surface area (TPSA) is 66.8 Å². The molecule has 1 aliphatic heterocycles. The normalized spacial score (nSPS) is 21.1. The lowest BCUT2D eigenvalue weighted by Gasteiger charge is -2.30. The average Bonchev–Trinajstić information content (AvgIpc) is 3.40. The molecule has 0 spiro atoms. The fraction of sp³-hybridized carbons (Fsp3) is 0.360. The van der Waals surface area contributed by atoms with E-state index in [0.29, 0.717) is 17.9 Å². The first-order valence-electron chi connectivity index (χ1n) is 10.8. The molecule has 2 aromatic carbocycles. The standard InChI is InChI=1S/C25H26FNO4/c1-2-15-31-20-13-9-16(10-14-20)22-21(23(28)17-7-11-18(26)12-8-17)24(29)25(30)27(22)19-5-3-4-6-19/h7-14,19,22,28H,2-6,15H2,1H3/b23-21-. The van der Waals surface area contributed by atoms with E-state index in [4.69, 9.17) is 4.74 Å². The molecule has 1 saturated carbocycles. The smallest absolute Gasteiger partial charge is 0.295 e. The van der Waals surface area contributed by atoms with Gasteiger partial charge in [0.05, 0.1) is 18.2 Å². The van der Waals surface area contributed by atoms with Crippen molar-refractivity contribution >= 4 is 17.4 Å². The van der Waals surface area contributed by atoms with Gasteiger partial charge in [0.2, 0.25) is 0 Å². The number of rotatable bonds is 6. The summed E-state index contributed by atoms with van der Waals surface area (Å²) >= 11 is 0. The number of amides is 1. The van der Waals surface area contributed by atoms with Gasteiger partial charge in [-0.15, -0.1) is 0 Å². The van der Waals surface area contributed by atoms with Gasteiger partial charge in [-0.05, 0) is 61.2 Å². The first-order chi connectivity index (χ1) is 15.0. The number of benzene rings is 2. The van der Waals surface area contributed by atoms with E-state index in [-0.39, 0.29) is 17.4 Å². The molecule has 6 heteroatoms. The van der Waals surface area contributed by atoms with Gasteiger partial charge in [-0.3, -0.25) is 9.59 Å². The molecule has 1 saturated heterocycles. The second-order valence-electron chi connectivity index (χ2n) is 8.07. The van der Waals surface area contributed by atoms with Crippen LogP contribution >= 0.6 is 0 Å². The molecule has 1 N–H and O–H groups in total. The second-order valence-corrected chi connectivity index (χ2v) is 8.07. The third kappa shape index (κ3) is 4.07. The highest BCUT2D eigenvalue weighted by Gasteiger charge is 2.49. The molecule has 1 aliphatic carbocycles. The summed E-state index contributed by atoms with van der Waals surface area (Å²) < 4.78 is 19.0. The van der Waals surface area contributed by atoms with Crippen molar-refractivity contribution in [2.45, 2.75) is 51.1 Å². The van der Waals surface area contributed by atoms with Crippen molar-refractivity contribution in [1.82, 2.24) is 4.90 Å². The van der Waals surface area contributed by atoms with Crippen LogP contribution in [0.15, 0.2) is 54.1 Å². The van der Waals surface area contributed by atoms with Gasteiger partial charge in [0.15, 0.2) is 0 Å². The minimum absolute atomic E-state index is 0.0454. The van der Waals surface area contributed by atoms with Crippen LogP contribution in [0.1, 0.15) is 56.2 Å². The summed E-state index contributed by atoms with van der Waals surface area (Å²) in [5.41, 5.74) is 1.09. The van der Waals surface area contributed by atoms with Crippen molar-refractivity contribution < 1.29 is 23.8 Å². The lowest BCUT2D eigenvalue weighted by atomic mass is 9.94. The Balaban J connectivity index is 1.80. The number of halogens is 1. The Hall–Kier alpha value is -3.15. The molecular weight excluding hydrogens is 397 g/mol. The SMILES string of the molecule is CCCOc1ccc(C2/C(=C(/O)c3ccc(F)cc3)C(=O)C(=O)N2C2CCCC2)cc1. The molecule has 2 fully saturated rings. The molecule has 1 unspecified atom stereocenters. The number of carbonyl (C=O) groups is 2. The fourth-order valence-electron chi connectivity index (χ4n) is 4.47. The Bertz CT molecular complexity index is 991. The number of ether oxygens (including phenoxy) is 1. The molecule has 2 aromatic rings. The van der Waals surface area contributed by atoms with E-state index in [1.807, 2.05) is 31.2 Å². The Kier molecular flexibility index (Phi) is 6.07. The Labute approximate surface area is 181 Å². The van der Waals surface area contributed by atoms with Gasteiger partial charge in [-0.2, -0.15) is 0 Å². The third-order valence-electron chi connectivity index (χ3n) is 5.98. The quantitative estimate of drug-likeness (QED) is 0.404. The first kappa shape index (κ1) is 21.1. The van der Waals surface area contributed by atoms with Gasteiger partial charge < -0.3 is 14.7 Å². The van der Waals surface area contributed by atoms with Gasteiger partial charge in [-0.25, -0.2) is 4.39 Å². The predicted molar refractivity (Wildman–Crippen MR) is 115 cm³/mol. The molecule has 1 atom stereocenters. The van der Waals surface area contributed by atoms with Crippen LogP contribution in [0.3, 0.4) is 0 Å². The maximum absolute atomic E-state index is 13.4. The van der Waals surface area contributed by atoms with Crippen molar-refractivity contribution in [2.75, 3.05) is 6.61 Å². The molecule has 1 amide bonds. The van der Waals surface area contributed by atoms with Gasteiger partial charge in [-0.1, -0.05) is 31.9 Å². The lowest BCUT2D eigenvalue weighted by molar-refractivity contribution is -0.141. The summed E-state index contributed by atoms with van der Waals surface area (Å²) in [6.45, 7) is 2.63. The van der Waals surface area contributed by atoms with Crippen LogP contribution in [-0.4, -0.2) is 34.3 Å². The number of aliphatic hydroxyl groups excluding tert-OH is 1. The Morgan fingerprint density at radius 2 is 1.71 bits per heavy atom. The summed E-state index contributed by atoms with van der Waals surface area (Å²) in [6, 6.07) is 11.8. The molecule has 1 heterocycles. The third-order valence-corrected chi connectivity index (χ3v) is 5.98. The zero-order chi connectivity index (χ0) is 22.0. The fourth-order valence-corrected chi connectivity index (χ4v) is 4.47. The van der Waals surface area contributed by atoms with Crippen LogP contribution in [0.5, 0.6) is 5.75 Å². The minimum Gasteiger partial charge on any atom is -0.507 e. The first-order valence-corrected chi connectivity index (χ1v) is 10.8. The van der Waals surface area contributed by atoms with Crippen LogP contribution in [0.2, 0.25) is 0 Å². The molecule has 2 aliphatic rings. The van der Waals surface area contributed by atoms with E-state index in [1.165, 1.54) is 24.3 Å². The molecular formula is C25H26FNO4. The summed E-state index contributed by atoms with van der Waals surface area (Å²) in [5.74, 6) is -1.31. The predicted octanol–water partition coefficient (Wildman–Crippen LogP) is 4.98. The maximum atomic E-state index is 13.4. The summed E-state index contributed by atoms with van der Waals surface area (Å²) in [7, 11) is 0. The maximum Gasteiger partial charge on any atom is 0.295 e. The van der Waals surface area contributed by atoms with Gasteiger partial charge in [0.25, 0.3) is 11.7 Å². The van der Waals surface area contributed by atoms with Gasteiger partial charge in [0.1, 0.15) is 17.3 Å². The Morgan fingerprint density at radius 3 is 2.32 bits per heavy atom. The number of Topliss-reactive ketones (excluding diaryl/α,β-unsaturated/α-hetero) is 1. The number of hydrogen-bond acceptors (Lipinski definition) is 4.